The predicted molar refractivity (Wildman–Crippen MR) is 44.8 cm³/mol. The first-order valence-electron chi connectivity index (χ1n) is 3.73. The first-order valence-corrected chi connectivity index (χ1v) is 4.86. The number of amides is 2. The average Bonchev–Trinajstić information content (AvgIpc) is 2.42. The zero-order chi connectivity index (χ0) is 9.84. The van der Waals surface area contributed by atoms with Crippen LogP contribution in [0.3, 0.4) is 0 Å². The number of hydrogen-bond donors (Lipinski definition) is 0. The van der Waals surface area contributed by atoms with Crippen molar-refractivity contribution in [2.24, 2.45) is 0 Å². The summed E-state index contributed by atoms with van der Waals surface area (Å²) in [6.45, 7) is 3.42. The number of rotatable bonds is 4. The third-order valence-corrected chi connectivity index (χ3v) is 2.63. The molecule has 5 nitrogen and oxygen atoms in total. The molecule has 1 saturated heterocycles. The molecule has 0 saturated carbocycles. The fourth-order valence-corrected chi connectivity index (χ4v) is 1.83. The first-order chi connectivity index (χ1) is 6.16. The summed E-state index contributed by atoms with van der Waals surface area (Å²) in [4.78, 5) is 22.0. The van der Waals surface area contributed by atoms with Gasteiger partial charge in [-0.3, -0.25) is 9.59 Å². The molecular weight excluding hydrogens is 193 g/mol. The molecule has 0 N–H and O–H groups in total. The van der Waals surface area contributed by atoms with E-state index < -0.39 is 20.0 Å². The third-order valence-electron chi connectivity index (χ3n) is 1.49. The molecule has 0 aromatic heterocycles. The normalized spacial score (nSPS) is 17.8. The summed E-state index contributed by atoms with van der Waals surface area (Å²) in [6, 6.07) is 0. The van der Waals surface area contributed by atoms with Gasteiger partial charge in [-0.15, -0.1) is 11.1 Å². The van der Waals surface area contributed by atoms with Crippen molar-refractivity contribution in [2.45, 2.75) is 12.8 Å². The molecule has 1 rings (SSSR count). The van der Waals surface area contributed by atoms with Crippen LogP contribution in [0.15, 0.2) is 12.7 Å². The Bertz CT molecular complexity index is 260. The van der Waals surface area contributed by atoms with E-state index in [0.717, 1.165) is 0 Å². The molecule has 0 radical (unpaired) electrons. The molecule has 13 heavy (non-hydrogen) atoms. The van der Waals surface area contributed by atoms with Gasteiger partial charge >= 0.3 is 8.18 Å². The summed E-state index contributed by atoms with van der Waals surface area (Å²) < 4.78 is 16.6. The van der Waals surface area contributed by atoms with E-state index in [0.29, 0.717) is 4.67 Å². The maximum atomic E-state index is 11.2. The van der Waals surface area contributed by atoms with E-state index in [1.165, 1.54) is 6.08 Å². The van der Waals surface area contributed by atoms with Crippen LogP contribution in [0.5, 0.6) is 0 Å². The van der Waals surface area contributed by atoms with Gasteiger partial charge in [-0.1, -0.05) is 6.08 Å². The molecule has 70 valence electrons. The van der Waals surface area contributed by atoms with Crippen LogP contribution in [0.25, 0.3) is 0 Å². The maximum absolute atomic E-state index is 11.2. The van der Waals surface area contributed by atoms with Gasteiger partial charge in [-0.05, 0) is 9.24 Å². The maximum Gasteiger partial charge on any atom is 0.656 e. The number of hydrogen-bond acceptors (Lipinski definition) is 4. The van der Waals surface area contributed by atoms with Crippen LogP contribution in [-0.2, 0) is 18.7 Å². The Morgan fingerprint density at radius 1 is 1.46 bits per heavy atom. The molecule has 1 heterocycles. The molecule has 6 heteroatoms. The Kier molecular flexibility index (Phi) is 3.28. The van der Waals surface area contributed by atoms with Gasteiger partial charge in [0.1, 0.15) is 6.61 Å². The van der Waals surface area contributed by atoms with Crippen LogP contribution in [0.2, 0.25) is 0 Å². The van der Waals surface area contributed by atoms with E-state index in [1.807, 2.05) is 0 Å². The number of imide groups is 1. The quantitative estimate of drug-likeness (QED) is 0.387. The van der Waals surface area contributed by atoms with Crippen molar-refractivity contribution >= 4 is 20.0 Å². The van der Waals surface area contributed by atoms with Crippen molar-refractivity contribution in [3.05, 3.63) is 12.7 Å². The van der Waals surface area contributed by atoms with Crippen LogP contribution < -0.4 is 0 Å². The topological polar surface area (TPSA) is 63.7 Å². The van der Waals surface area contributed by atoms with Crippen molar-refractivity contribution in [1.29, 1.82) is 0 Å². The van der Waals surface area contributed by atoms with E-state index in [1.54, 1.807) is 0 Å². The first kappa shape index (κ1) is 10.0. The highest BCUT2D eigenvalue weighted by Gasteiger charge is 2.45. The minimum absolute atomic E-state index is 0.0618. The number of nitrogens with zero attached hydrogens (tertiary/aromatic N) is 1. The largest absolute Gasteiger partial charge is 0.656 e. The fourth-order valence-electron chi connectivity index (χ4n) is 0.921. The standard InChI is InChI=1S/C7H9NO4P/c1-2-5-12-13(11)8-6(9)3-4-7(8)10/h2H,1,3-5H2/q+1. The van der Waals surface area contributed by atoms with Gasteiger partial charge in [0, 0.05) is 12.8 Å². The van der Waals surface area contributed by atoms with Gasteiger partial charge in [0.25, 0.3) is 11.8 Å². The van der Waals surface area contributed by atoms with Crippen molar-refractivity contribution < 1.29 is 18.7 Å². The molecule has 1 aliphatic rings. The Labute approximate surface area is 76.3 Å². The van der Waals surface area contributed by atoms with E-state index in [-0.39, 0.29) is 19.4 Å². The highest BCUT2D eigenvalue weighted by Crippen LogP contribution is 2.33. The fraction of sp³-hybridized carbons (Fsp3) is 0.429. The second-order valence-corrected chi connectivity index (χ2v) is 3.56. The molecule has 1 atom stereocenters. The minimum atomic E-state index is -2.35. The van der Waals surface area contributed by atoms with E-state index >= 15 is 0 Å². The van der Waals surface area contributed by atoms with Crippen molar-refractivity contribution in [3.8, 4) is 0 Å². The molecular formula is C7H9NO4P+. The van der Waals surface area contributed by atoms with Crippen molar-refractivity contribution in [3.63, 3.8) is 0 Å². The van der Waals surface area contributed by atoms with Crippen LogP contribution in [0.4, 0.5) is 0 Å². The lowest BCUT2D eigenvalue weighted by molar-refractivity contribution is -0.132. The summed E-state index contributed by atoms with van der Waals surface area (Å²) in [7, 11) is -2.35. The lowest BCUT2D eigenvalue weighted by Gasteiger charge is -1.95. The molecule has 0 aromatic rings. The van der Waals surface area contributed by atoms with Crippen molar-refractivity contribution in [1.82, 2.24) is 4.67 Å². The van der Waals surface area contributed by atoms with Gasteiger partial charge in [0.15, 0.2) is 0 Å². The summed E-state index contributed by atoms with van der Waals surface area (Å²) in [5, 5.41) is 0. The monoisotopic (exact) mass is 202 g/mol. The third kappa shape index (κ3) is 2.20. The van der Waals surface area contributed by atoms with Gasteiger partial charge < -0.3 is 0 Å². The summed E-state index contributed by atoms with van der Waals surface area (Å²) in [5.74, 6) is -0.870. The molecule has 1 aliphatic heterocycles. The molecule has 0 spiro atoms. The van der Waals surface area contributed by atoms with Crippen LogP contribution in [0.1, 0.15) is 12.8 Å². The minimum Gasteiger partial charge on any atom is -0.270 e. The zero-order valence-corrected chi connectivity index (χ0v) is 7.83. The van der Waals surface area contributed by atoms with E-state index in [2.05, 4.69) is 6.58 Å². The SMILES string of the molecule is C=CCO[P+](=O)N1C(=O)CCC1=O. The van der Waals surface area contributed by atoms with Gasteiger partial charge in [-0.25, -0.2) is 0 Å². The number of carbonyl (C=O) groups excluding carboxylic acids is 2. The molecule has 1 unspecified atom stereocenters. The Morgan fingerprint density at radius 3 is 2.46 bits per heavy atom. The van der Waals surface area contributed by atoms with Gasteiger partial charge in [0.2, 0.25) is 0 Å². The lowest BCUT2D eigenvalue weighted by Crippen LogP contribution is -2.21. The Morgan fingerprint density at radius 2 is 2.00 bits per heavy atom. The molecule has 1 fully saturated rings. The van der Waals surface area contributed by atoms with E-state index in [9.17, 15) is 14.2 Å². The molecule has 0 bridgehead atoms. The summed E-state index contributed by atoms with van der Waals surface area (Å²) in [5.41, 5.74) is 0. The zero-order valence-electron chi connectivity index (χ0n) is 6.93. The molecule has 0 aliphatic carbocycles. The average molecular weight is 202 g/mol. The Balaban J connectivity index is 2.59. The highest BCUT2D eigenvalue weighted by atomic mass is 31.1. The van der Waals surface area contributed by atoms with Gasteiger partial charge in [0.05, 0.1) is 0 Å². The summed E-state index contributed by atoms with van der Waals surface area (Å²) >= 11 is 0. The van der Waals surface area contributed by atoms with E-state index in [4.69, 9.17) is 4.52 Å². The smallest absolute Gasteiger partial charge is 0.270 e. The second-order valence-electron chi connectivity index (χ2n) is 2.42. The van der Waals surface area contributed by atoms with Gasteiger partial charge in [-0.2, -0.15) is 0 Å². The van der Waals surface area contributed by atoms with Crippen LogP contribution >= 0.6 is 8.18 Å². The summed E-state index contributed by atoms with van der Waals surface area (Å²) in [6.07, 6.45) is 1.65. The van der Waals surface area contributed by atoms with Crippen LogP contribution in [-0.4, -0.2) is 23.1 Å². The van der Waals surface area contributed by atoms with Crippen LogP contribution in [0, 0.1) is 0 Å². The number of carbonyl (C=O) groups is 2. The second kappa shape index (κ2) is 4.25. The molecule has 2 amide bonds. The Hall–Kier alpha value is -1.06. The molecule has 0 aromatic carbocycles. The van der Waals surface area contributed by atoms with Crippen molar-refractivity contribution in [2.75, 3.05) is 6.61 Å². The highest BCUT2D eigenvalue weighted by molar-refractivity contribution is 7.38. The lowest BCUT2D eigenvalue weighted by atomic mass is 10.4. The predicted octanol–water partition coefficient (Wildman–Crippen LogP) is 0.995.